The molecule has 0 aliphatic carbocycles. The van der Waals surface area contributed by atoms with Crippen molar-refractivity contribution in [3.8, 4) is 0 Å². The van der Waals surface area contributed by atoms with E-state index in [2.05, 4.69) is 20.6 Å². The molecule has 1 amide bonds. The summed E-state index contributed by atoms with van der Waals surface area (Å²) >= 11 is 0. The molecule has 1 heterocycles. The Labute approximate surface area is 107 Å². The number of guanidine groups is 1. The lowest BCUT2D eigenvalue weighted by molar-refractivity contribution is -0.127. The normalized spacial score (nSPS) is 11.2. The molecule has 0 bridgehead atoms. The van der Waals surface area contributed by atoms with Gasteiger partial charge in [-0.3, -0.25) is 9.79 Å². The highest BCUT2D eigenvalue weighted by atomic mass is 16.2. The Bertz CT molecular complexity index is 423. The van der Waals surface area contributed by atoms with E-state index in [9.17, 15) is 4.79 Å². The first-order valence-corrected chi connectivity index (χ1v) is 5.65. The number of aliphatic imine (C=N–C) groups is 1. The Morgan fingerprint density at radius 3 is 2.72 bits per heavy atom. The minimum absolute atomic E-state index is 0.00468. The fourth-order valence-electron chi connectivity index (χ4n) is 1.27. The number of carbonyl (C=O) groups excluding carboxylic acids is 1. The minimum Gasteiger partial charge on any atom is -0.349 e. The molecule has 0 saturated heterocycles. The van der Waals surface area contributed by atoms with Crippen LogP contribution in [0, 0.1) is 0 Å². The number of aryl methyl sites for hydroxylation is 1. The molecule has 0 radical (unpaired) electrons. The lowest BCUT2D eigenvalue weighted by Crippen LogP contribution is -2.42. The molecule has 1 aromatic heterocycles. The number of imidazole rings is 1. The number of hydrogen-bond acceptors (Lipinski definition) is 3. The maximum Gasteiger partial charge on any atom is 0.241 e. The Balaban J connectivity index is 2.40. The second kappa shape index (κ2) is 6.63. The maximum atomic E-state index is 11.4. The summed E-state index contributed by atoms with van der Waals surface area (Å²) in [4.78, 5) is 21.2. The summed E-state index contributed by atoms with van der Waals surface area (Å²) in [6, 6.07) is 0. The van der Waals surface area contributed by atoms with Gasteiger partial charge >= 0.3 is 0 Å². The first-order chi connectivity index (χ1) is 8.54. The summed E-state index contributed by atoms with van der Waals surface area (Å²) in [6.07, 6.45) is 3.62. The van der Waals surface area contributed by atoms with Crippen molar-refractivity contribution in [3.63, 3.8) is 0 Å². The first-order valence-electron chi connectivity index (χ1n) is 5.65. The Morgan fingerprint density at radius 2 is 2.22 bits per heavy atom. The molecule has 0 aliphatic rings. The van der Waals surface area contributed by atoms with Crippen molar-refractivity contribution in [1.29, 1.82) is 0 Å². The van der Waals surface area contributed by atoms with Crippen molar-refractivity contribution in [1.82, 2.24) is 25.1 Å². The second-order valence-electron chi connectivity index (χ2n) is 4.02. The highest BCUT2D eigenvalue weighted by Crippen LogP contribution is 1.92. The van der Waals surface area contributed by atoms with Crippen molar-refractivity contribution >= 4 is 11.9 Å². The van der Waals surface area contributed by atoms with Crippen LogP contribution in [0.3, 0.4) is 0 Å². The van der Waals surface area contributed by atoms with E-state index in [1.54, 1.807) is 27.3 Å². The maximum absolute atomic E-state index is 11.4. The van der Waals surface area contributed by atoms with Gasteiger partial charge in [-0.1, -0.05) is 0 Å². The molecule has 1 aromatic rings. The lowest BCUT2D eigenvalue weighted by Gasteiger charge is -2.14. The Morgan fingerprint density at radius 1 is 1.50 bits per heavy atom. The quantitative estimate of drug-likeness (QED) is 0.542. The topological polar surface area (TPSA) is 74.6 Å². The van der Waals surface area contributed by atoms with E-state index < -0.39 is 0 Å². The van der Waals surface area contributed by atoms with E-state index in [-0.39, 0.29) is 12.5 Å². The van der Waals surface area contributed by atoms with Crippen LogP contribution in [-0.2, 0) is 18.4 Å². The molecule has 1 rings (SSSR count). The number of amides is 1. The molecular formula is C11H20N6O. The predicted molar refractivity (Wildman–Crippen MR) is 70.1 cm³/mol. The number of nitrogens with zero attached hydrogens (tertiary/aromatic N) is 4. The fraction of sp³-hybridized carbons (Fsp3) is 0.545. The van der Waals surface area contributed by atoms with Crippen LogP contribution < -0.4 is 10.6 Å². The summed E-state index contributed by atoms with van der Waals surface area (Å²) in [5.74, 6) is 1.47. The molecule has 100 valence electrons. The van der Waals surface area contributed by atoms with Gasteiger partial charge in [0.2, 0.25) is 5.91 Å². The minimum atomic E-state index is -0.00468. The van der Waals surface area contributed by atoms with E-state index in [0.717, 1.165) is 5.82 Å². The van der Waals surface area contributed by atoms with Gasteiger partial charge in [0.05, 0.1) is 13.1 Å². The third-order valence-corrected chi connectivity index (χ3v) is 2.46. The largest absolute Gasteiger partial charge is 0.349 e. The summed E-state index contributed by atoms with van der Waals surface area (Å²) < 4.78 is 1.92. The second-order valence-corrected chi connectivity index (χ2v) is 4.02. The molecule has 18 heavy (non-hydrogen) atoms. The average molecular weight is 252 g/mol. The zero-order valence-corrected chi connectivity index (χ0v) is 11.3. The van der Waals surface area contributed by atoms with Crippen LogP contribution in [-0.4, -0.2) is 54.0 Å². The summed E-state index contributed by atoms with van der Waals surface area (Å²) in [7, 11) is 7.02. The van der Waals surface area contributed by atoms with Gasteiger partial charge in [0.1, 0.15) is 5.82 Å². The van der Waals surface area contributed by atoms with Crippen LogP contribution in [0.2, 0.25) is 0 Å². The summed E-state index contributed by atoms with van der Waals surface area (Å²) in [6.45, 7) is 0.770. The SMILES string of the molecule is CN=C(NCC(=O)N(C)C)NCc1nccn1C. The molecule has 0 unspecified atom stereocenters. The van der Waals surface area contributed by atoms with Crippen LogP contribution in [0.4, 0.5) is 0 Å². The zero-order valence-electron chi connectivity index (χ0n) is 11.3. The van der Waals surface area contributed by atoms with Gasteiger partial charge < -0.3 is 20.1 Å². The van der Waals surface area contributed by atoms with Gasteiger partial charge in [0, 0.05) is 40.6 Å². The Kier molecular flexibility index (Phi) is 5.16. The molecule has 2 N–H and O–H groups in total. The van der Waals surface area contributed by atoms with Gasteiger partial charge in [-0.05, 0) is 0 Å². The molecule has 0 atom stereocenters. The zero-order chi connectivity index (χ0) is 13.5. The summed E-state index contributed by atoms with van der Waals surface area (Å²) in [5, 5.41) is 6.03. The molecule has 0 aliphatic heterocycles. The smallest absolute Gasteiger partial charge is 0.241 e. The number of aromatic nitrogens is 2. The van der Waals surface area contributed by atoms with Crippen molar-refractivity contribution in [2.24, 2.45) is 12.0 Å². The monoisotopic (exact) mass is 252 g/mol. The average Bonchev–Trinajstić information content (AvgIpc) is 2.74. The number of nitrogens with one attached hydrogen (secondary N) is 2. The number of carbonyl (C=O) groups is 1. The van der Waals surface area contributed by atoms with Gasteiger partial charge in [-0.25, -0.2) is 4.98 Å². The van der Waals surface area contributed by atoms with Crippen molar-refractivity contribution < 1.29 is 4.79 Å². The van der Waals surface area contributed by atoms with Crippen molar-refractivity contribution in [2.45, 2.75) is 6.54 Å². The van der Waals surface area contributed by atoms with E-state index in [1.165, 1.54) is 4.90 Å². The molecule has 7 nitrogen and oxygen atoms in total. The number of likely N-dealkylation sites (N-methyl/N-ethyl adjacent to an activating group) is 1. The Hall–Kier alpha value is -2.05. The van der Waals surface area contributed by atoms with Gasteiger partial charge in [-0.2, -0.15) is 0 Å². The van der Waals surface area contributed by atoms with Crippen molar-refractivity contribution in [3.05, 3.63) is 18.2 Å². The van der Waals surface area contributed by atoms with E-state index in [4.69, 9.17) is 0 Å². The first kappa shape index (κ1) is 14.0. The van der Waals surface area contributed by atoms with Crippen LogP contribution in [0.15, 0.2) is 17.4 Å². The lowest BCUT2D eigenvalue weighted by atomic mass is 10.5. The third kappa shape index (κ3) is 4.08. The molecule has 0 fully saturated rings. The molecule has 0 aromatic carbocycles. The standard InChI is InChI=1S/C11H20N6O/c1-12-11(15-8-10(18)16(2)3)14-7-9-13-5-6-17(9)4/h5-6H,7-8H2,1-4H3,(H2,12,14,15). The molecule has 0 saturated carbocycles. The third-order valence-electron chi connectivity index (χ3n) is 2.46. The van der Waals surface area contributed by atoms with Crippen LogP contribution in [0.25, 0.3) is 0 Å². The van der Waals surface area contributed by atoms with E-state index in [0.29, 0.717) is 12.5 Å². The number of hydrogen-bond donors (Lipinski definition) is 2. The van der Waals surface area contributed by atoms with Crippen LogP contribution in [0.5, 0.6) is 0 Å². The van der Waals surface area contributed by atoms with Gasteiger partial charge in [0.25, 0.3) is 0 Å². The van der Waals surface area contributed by atoms with E-state index in [1.807, 2.05) is 17.8 Å². The molecule has 7 heteroatoms. The summed E-state index contributed by atoms with van der Waals surface area (Å²) in [5.41, 5.74) is 0. The van der Waals surface area contributed by atoms with Gasteiger partial charge in [0.15, 0.2) is 5.96 Å². The highest BCUT2D eigenvalue weighted by Gasteiger charge is 2.06. The van der Waals surface area contributed by atoms with E-state index >= 15 is 0 Å². The fourth-order valence-corrected chi connectivity index (χ4v) is 1.27. The predicted octanol–water partition coefficient (Wildman–Crippen LogP) is -0.827. The highest BCUT2D eigenvalue weighted by molar-refractivity contribution is 5.86. The molecular weight excluding hydrogens is 232 g/mol. The molecule has 0 spiro atoms. The number of rotatable bonds is 4. The van der Waals surface area contributed by atoms with Crippen molar-refractivity contribution in [2.75, 3.05) is 27.7 Å². The van der Waals surface area contributed by atoms with Crippen LogP contribution in [0.1, 0.15) is 5.82 Å². The van der Waals surface area contributed by atoms with Gasteiger partial charge in [-0.15, -0.1) is 0 Å². The van der Waals surface area contributed by atoms with Crippen LogP contribution >= 0.6 is 0 Å².